The molecule has 162 valence electrons. The summed E-state index contributed by atoms with van der Waals surface area (Å²) in [5, 5.41) is 4.79. The van der Waals surface area contributed by atoms with Crippen molar-refractivity contribution in [3.8, 4) is 11.5 Å². The van der Waals surface area contributed by atoms with Crippen LogP contribution in [0.3, 0.4) is 0 Å². The maximum Gasteiger partial charge on any atom is 0.434 e. The molecule has 3 aromatic rings. The summed E-state index contributed by atoms with van der Waals surface area (Å²) in [5.74, 6) is 0.746. The molecule has 10 nitrogen and oxygen atoms in total. The number of alkyl halides is 3. The van der Waals surface area contributed by atoms with Gasteiger partial charge in [-0.1, -0.05) is 0 Å². The first-order valence-electron chi connectivity index (χ1n) is 9.19. The normalized spacial score (nSPS) is 18.9. The zero-order chi connectivity index (χ0) is 22.2. The number of halogens is 3. The smallest absolute Gasteiger partial charge is 0.354 e. The number of amides is 3. The summed E-state index contributed by atoms with van der Waals surface area (Å²) in [7, 11) is 0. The summed E-state index contributed by atoms with van der Waals surface area (Å²) in [6.07, 6.45) is 1.10. The van der Waals surface area contributed by atoms with Gasteiger partial charge in [0.25, 0.3) is 0 Å². The number of carbonyl (C=O) groups excluding carboxylic acids is 2. The van der Waals surface area contributed by atoms with Crippen molar-refractivity contribution in [2.45, 2.75) is 25.1 Å². The Morgan fingerprint density at radius 2 is 2.06 bits per heavy atom. The molecule has 1 aliphatic heterocycles. The van der Waals surface area contributed by atoms with Gasteiger partial charge in [-0.25, -0.2) is 24.7 Å². The van der Waals surface area contributed by atoms with E-state index in [9.17, 15) is 22.8 Å². The second-order valence-electron chi connectivity index (χ2n) is 7.33. The number of aromatic nitrogens is 5. The van der Waals surface area contributed by atoms with Crippen molar-refractivity contribution in [1.29, 1.82) is 0 Å². The minimum atomic E-state index is -4.60. The van der Waals surface area contributed by atoms with Crippen molar-refractivity contribution >= 4 is 23.9 Å². The molecular weight excluding hydrogens is 417 g/mol. The summed E-state index contributed by atoms with van der Waals surface area (Å²) in [6.45, 7) is 2.84. The molecule has 0 saturated carbocycles. The van der Waals surface area contributed by atoms with Crippen LogP contribution in [0, 0.1) is 0 Å². The number of imide groups is 1. The topological polar surface area (TPSA) is 117 Å². The zero-order valence-electron chi connectivity index (χ0n) is 16.2. The van der Waals surface area contributed by atoms with Gasteiger partial charge in [-0.3, -0.25) is 14.5 Å². The molecule has 0 radical (unpaired) electrons. The third-order valence-corrected chi connectivity index (χ3v) is 4.96. The van der Waals surface area contributed by atoms with Crippen molar-refractivity contribution < 1.29 is 22.8 Å². The largest absolute Gasteiger partial charge is 0.434 e. The van der Waals surface area contributed by atoms with Gasteiger partial charge in [0.05, 0.1) is 17.9 Å². The lowest BCUT2D eigenvalue weighted by molar-refractivity contribution is -0.141. The highest BCUT2D eigenvalue weighted by molar-refractivity contribution is 5.85. The number of anilines is 1. The van der Waals surface area contributed by atoms with Gasteiger partial charge in [-0.2, -0.15) is 13.2 Å². The summed E-state index contributed by atoms with van der Waals surface area (Å²) < 4.78 is 40.4. The highest BCUT2D eigenvalue weighted by atomic mass is 19.4. The molecule has 4 heterocycles. The molecule has 1 fully saturated rings. The quantitative estimate of drug-likeness (QED) is 0.600. The Kier molecular flexibility index (Phi) is 4.95. The molecule has 2 N–H and O–H groups in total. The van der Waals surface area contributed by atoms with Crippen molar-refractivity contribution in [1.82, 2.24) is 35.0 Å². The molecule has 3 aromatic heterocycles. The lowest BCUT2D eigenvalue weighted by Crippen LogP contribution is -2.51. The number of nitrogens with one attached hydrogen (secondary N) is 2. The number of hydrogen-bond donors (Lipinski definition) is 2. The van der Waals surface area contributed by atoms with Crippen LogP contribution in [-0.4, -0.2) is 55.4 Å². The fourth-order valence-corrected chi connectivity index (χ4v) is 3.47. The Morgan fingerprint density at radius 1 is 1.26 bits per heavy atom. The molecule has 0 bridgehead atoms. The van der Waals surface area contributed by atoms with E-state index in [2.05, 4.69) is 25.3 Å². The van der Waals surface area contributed by atoms with Crippen LogP contribution in [0.1, 0.15) is 19.0 Å². The summed E-state index contributed by atoms with van der Waals surface area (Å²) in [4.78, 5) is 40.2. The highest BCUT2D eigenvalue weighted by Crippen LogP contribution is 2.29. The molecule has 1 saturated heterocycles. The predicted octanol–water partition coefficient (Wildman–Crippen LogP) is 1.63. The summed E-state index contributed by atoms with van der Waals surface area (Å²) in [5.41, 5.74) is -1.12. The Bertz CT molecular complexity index is 1150. The van der Waals surface area contributed by atoms with Crippen molar-refractivity contribution in [3.05, 3.63) is 36.5 Å². The van der Waals surface area contributed by atoms with Crippen molar-refractivity contribution in [3.63, 3.8) is 0 Å². The summed E-state index contributed by atoms with van der Waals surface area (Å²) in [6, 6.07) is 1.08. The monoisotopic (exact) mass is 434 g/mol. The minimum absolute atomic E-state index is 0.199. The molecule has 3 amide bonds. The van der Waals surface area contributed by atoms with Crippen LogP contribution in [0.5, 0.6) is 0 Å². The van der Waals surface area contributed by atoms with Crippen molar-refractivity contribution in [2.75, 3.05) is 18.0 Å². The average Bonchev–Trinajstić information content (AvgIpc) is 3.31. The number of rotatable bonds is 4. The predicted molar refractivity (Wildman–Crippen MR) is 102 cm³/mol. The van der Waals surface area contributed by atoms with E-state index in [0.717, 1.165) is 12.4 Å². The highest BCUT2D eigenvalue weighted by Gasteiger charge is 2.36. The Morgan fingerprint density at radius 3 is 2.81 bits per heavy atom. The van der Waals surface area contributed by atoms with Crippen LogP contribution in [0.2, 0.25) is 0 Å². The van der Waals surface area contributed by atoms with Gasteiger partial charge in [0.15, 0.2) is 17.2 Å². The van der Waals surface area contributed by atoms with E-state index in [1.807, 2.05) is 17.1 Å². The number of fused-ring (bicyclic) bond motifs is 1. The molecule has 1 aliphatic rings. The van der Waals surface area contributed by atoms with Gasteiger partial charge in [0.1, 0.15) is 11.5 Å². The average molecular weight is 434 g/mol. The van der Waals surface area contributed by atoms with E-state index in [0.29, 0.717) is 31.7 Å². The Labute approximate surface area is 173 Å². The van der Waals surface area contributed by atoms with E-state index < -0.39 is 23.4 Å². The van der Waals surface area contributed by atoms with E-state index in [1.54, 1.807) is 6.07 Å². The standard InChI is InChI=1S/C18H17F3N8O2/c1-17(27-16(31)25-10-30)3-5-28(9-17)13-2-4-22-15(26-13)11-6-24-14-7-23-12(8-29(11)14)18(19,20)21/h2,4,6-8,10H,3,5,9H2,1H3,(H2,25,27,30,31). The van der Waals surface area contributed by atoms with Gasteiger partial charge in [-0.05, 0) is 19.4 Å². The molecule has 1 atom stereocenters. The van der Waals surface area contributed by atoms with Crippen LogP contribution in [-0.2, 0) is 11.0 Å². The van der Waals surface area contributed by atoms with Gasteiger partial charge in [0.2, 0.25) is 6.41 Å². The molecule has 0 spiro atoms. The SMILES string of the molecule is CC1(NC(=O)NC=O)CCN(c2ccnc(-c3cnc4cnc(C(F)(F)F)cn34)n2)C1. The molecule has 31 heavy (non-hydrogen) atoms. The number of hydrogen-bond acceptors (Lipinski definition) is 7. The van der Waals surface area contributed by atoms with Crippen LogP contribution in [0.25, 0.3) is 17.2 Å². The van der Waals surface area contributed by atoms with Gasteiger partial charge >= 0.3 is 12.2 Å². The molecule has 1 unspecified atom stereocenters. The summed E-state index contributed by atoms with van der Waals surface area (Å²) >= 11 is 0. The molecule has 4 rings (SSSR count). The Balaban J connectivity index is 1.61. The van der Waals surface area contributed by atoms with Crippen LogP contribution >= 0.6 is 0 Å². The first kappa shape index (κ1) is 20.5. The molecule has 13 heteroatoms. The third-order valence-electron chi connectivity index (χ3n) is 4.96. The van der Waals surface area contributed by atoms with Gasteiger partial charge < -0.3 is 10.2 Å². The second kappa shape index (κ2) is 7.49. The number of carbonyl (C=O) groups is 2. The zero-order valence-corrected chi connectivity index (χ0v) is 16.2. The van der Waals surface area contributed by atoms with Crippen LogP contribution < -0.4 is 15.5 Å². The van der Waals surface area contributed by atoms with E-state index in [-0.39, 0.29) is 17.2 Å². The maximum absolute atomic E-state index is 13.0. The number of urea groups is 1. The second-order valence-corrected chi connectivity index (χ2v) is 7.33. The van der Waals surface area contributed by atoms with Crippen molar-refractivity contribution in [2.24, 2.45) is 0 Å². The van der Waals surface area contributed by atoms with Crippen LogP contribution in [0.4, 0.5) is 23.8 Å². The number of imidazole rings is 1. The van der Waals surface area contributed by atoms with E-state index >= 15 is 0 Å². The van der Waals surface area contributed by atoms with E-state index in [1.165, 1.54) is 16.8 Å². The fraction of sp³-hybridized carbons (Fsp3) is 0.333. The maximum atomic E-state index is 13.0. The number of nitrogens with zero attached hydrogens (tertiary/aromatic N) is 6. The Hall–Kier alpha value is -3.77. The lowest BCUT2D eigenvalue weighted by Gasteiger charge is -2.26. The fourth-order valence-electron chi connectivity index (χ4n) is 3.47. The lowest BCUT2D eigenvalue weighted by atomic mass is 10.0. The van der Waals surface area contributed by atoms with Gasteiger partial charge in [-0.15, -0.1) is 0 Å². The first-order valence-corrected chi connectivity index (χ1v) is 9.19. The molecule has 0 aromatic carbocycles. The first-order chi connectivity index (χ1) is 14.7. The molecular formula is C18H17F3N8O2. The molecule has 0 aliphatic carbocycles. The van der Waals surface area contributed by atoms with Crippen LogP contribution in [0.15, 0.2) is 30.9 Å². The third kappa shape index (κ3) is 4.11. The van der Waals surface area contributed by atoms with Gasteiger partial charge in [0, 0.05) is 25.5 Å². The minimum Gasteiger partial charge on any atom is -0.354 e. The van der Waals surface area contributed by atoms with E-state index in [4.69, 9.17) is 0 Å².